The van der Waals surface area contributed by atoms with E-state index in [-0.39, 0.29) is 38.9 Å². The summed E-state index contributed by atoms with van der Waals surface area (Å²) in [5.41, 5.74) is 3.40. The lowest BCUT2D eigenvalue weighted by Gasteiger charge is -2.46. The molecule has 0 aliphatic carbocycles. The van der Waals surface area contributed by atoms with Gasteiger partial charge >= 0.3 is 5.97 Å². The summed E-state index contributed by atoms with van der Waals surface area (Å²) in [7, 11) is 0. The first-order chi connectivity index (χ1) is 31.4. The molecule has 0 radical (unpaired) electrons. The van der Waals surface area contributed by atoms with Crippen LogP contribution in [0.15, 0.2) is 121 Å². The second kappa shape index (κ2) is 17.5. The smallest absolute Gasteiger partial charge is 0.324 e. The Bertz CT molecular complexity index is 2610. The molecule has 6 atom stereocenters. The molecule has 2 amide bonds. The Hall–Kier alpha value is -6.69. The zero-order valence-corrected chi connectivity index (χ0v) is 35.1. The predicted molar refractivity (Wildman–Crippen MR) is 235 cm³/mol. The predicted octanol–water partition coefficient (Wildman–Crippen LogP) is 5.14. The van der Waals surface area contributed by atoms with Crippen molar-refractivity contribution in [3.63, 3.8) is 0 Å². The molecule has 1 spiro atoms. The molecule has 0 unspecified atom stereocenters. The summed E-state index contributed by atoms with van der Waals surface area (Å²) in [6.07, 6.45) is -0.539. The maximum absolute atomic E-state index is 15.9. The second-order valence-electron chi connectivity index (χ2n) is 16.7. The van der Waals surface area contributed by atoms with E-state index >= 15 is 14.4 Å². The van der Waals surface area contributed by atoms with Crippen LogP contribution in [0.3, 0.4) is 0 Å². The fraction of sp³-hybridized carbons (Fsp3) is 0.314. The van der Waals surface area contributed by atoms with E-state index in [1.807, 2.05) is 103 Å². The molecule has 13 heteroatoms. The molecule has 13 nitrogen and oxygen atoms in total. The lowest BCUT2D eigenvalue weighted by Crippen LogP contribution is -2.58. The van der Waals surface area contributed by atoms with Crippen molar-refractivity contribution >= 4 is 23.5 Å². The SMILES string of the molecule is O=C1O[C@H](c2ccccc2)[C@H](c2ccccc2)N2[C@H]1[C@@H](C(=O)N1CCN(Cc3ccc4c(c3)OCO4)CC1)[C@]1(C(=O)Nc3ccc(C#CCCO)cc31)[C@H]2c1ccc(OCCO)cc1. The van der Waals surface area contributed by atoms with Gasteiger partial charge in [0.1, 0.15) is 29.9 Å². The van der Waals surface area contributed by atoms with E-state index in [9.17, 15) is 10.2 Å². The molecule has 3 N–H and O–H groups in total. The number of fused-ring (bicyclic) bond motifs is 4. The molecule has 5 heterocycles. The van der Waals surface area contributed by atoms with E-state index in [0.717, 1.165) is 22.4 Å². The van der Waals surface area contributed by atoms with Crippen LogP contribution in [0.2, 0.25) is 0 Å². The normalized spacial score (nSPS) is 24.7. The van der Waals surface area contributed by atoms with Gasteiger partial charge in [0.2, 0.25) is 18.6 Å². The quantitative estimate of drug-likeness (QED) is 0.127. The molecule has 64 heavy (non-hydrogen) atoms. The van der Waals surface area contributed by atoms with E-state index < -0.39 is 47.4 Å². The van der Waals surface area contributed by atoms with E-state index in [1.54, 1.807) is 23.1 Å². The van der Waals surface area contributed by atoms with Crippen molar-refractivity contribution in [3.05, 3.63) is 155 Å². The van der Waals surface area contributed by atoms with Gasteiger partial charge in [0, 0.05) is 50.4 Å². The summed E-state index contributed by atoms with van der Waals surface area (Å²) in [5.74, 6) is 5.57. The summed E-state index contributed by atoms with van der Waals surface area (Å²) in [6.45, 7) is 2.53. The van der Waals surface area contributed by atoms with Gasteiger partial charge in [-0.1, -0.05) is 90.7 Å². The van der Waals surface area contributed by atoms with E-state index in [0.29, 0.717) is 66.6 Å². The van der Waals surface area contributed by atoms with Crippen LogP contribution in [0.1, 0.15) is 58.0 Å². The number of benzene rings is 5. The van der Waals surface area contributed by atoms with Gasteiger partial charge in [0.25, 0.3) is 0 Å². The van der Waals surface area contributed by atoms with Gasteiger partial charge in [-0.05, 0) is 70.3 Å². The summed E-state index contributed by atoms with van der Waals surface area (Å²) in [5, 5.41) is 22.3. The van der Waals surface area contributed by atoms with Crippen LogP contribution < -0.4 is 19.5 Å². The number of piperazine rings is 1. The number of aliphatic hydroxyl groups is 2. The van der Waals surface area contributed by atoms with Gasteiger partial charge in [-0.25, -0.2) is 0 Å². The molecular formula is C51H48N4O9. The van der Waals surface area contributed by atoms with E-state index in [1.165, 1.54) is 0 Å². The number of amides is 2. The monoisotopic (exact) mass is 860 g/mol. The van der Waals surface area contributed by atoms with Crippen LogP contribution in [-0.2, 0) is 31.1 Å². The fourth-order valence-electron chi connectivity index (χ4n) is 10.4. The first kappa shape index (κ1) is 41.3. The average Bonchev–Trinajstić information content (AvgIpc) is 4.01. The number of hydrogen-bond acceptors (Lipinski definition) is 11. The Labute approximate surface area is 371 Å². The molecule has 3 fully saturated rings. The average molecular weight is 861 g/mol. The van der Waals surface area contributed by atoms with E-state index in [2.05, 4.69) is 27.0 Å². The number of morpholine rings is 1. The minimum absolute atomic E-state index is 0.0952. The number of nitrogens with one attached hydrogen (secondary N) is 1. The Morgan fingerprint density at radius 3 is 2.25 bits per heavy atom. The third kappa shape index (κ3) is 7.22. The van der Waals surface area contributed by atoms with Crippen LogP contribution in [0, 0.1) is 17.8 Å². The third-order valence-electron chi connectivity index (χ3n) is 13.1. The highest BCUT2D eigenvalue weighted by Gasteiger charge is 2.74. The Morgan fingerprint density at radius 2 is 1.52 bits per heavy atom. The van der Waals surface area contributed by atoms with Crippen molar-refractivity contribution in [1.29, 1.82) is 0 Å². The number of aliphatic hydroxyl groups excluding tert-OH is 2. The number of hydrogen-bond donors (Lipinski definition) is 3. The lowest BCUT2D eigenvalue weighted by atomic mass is 9.65. The molecule has 5 aliphatic rings. The number of ether oxygens (including phenoxy) is 4. The van der Waals surface area contributed by atoms with Crippen molar-refractivity contribution in [2.45, 2.75) is 42.6 Å². The number of carbonyl (C=O) groups is 3. The molecule has 5 aliphatic heterocycles. The number of nitrogens with zero attached hydrogens (tertiary/aromatic N) is 3. The highest BCUT2D eigenvalue weighted by molar-refractivity contribution is 6.12. The van der Waals surface area contributed by atoms with Crippen LogP contribution in [0.4, 0.5) is 5.69 Å². The van der Waals surface area contributed by atoms with Gasteiger partial charge in [-0.15, -0.1) is 0 Å². The van der Waals surface area contributed by atoms with Gasteiger partial charge in [0.05, 0.1) is 31.2 Å². The molecular weight excluding hydrogens is 813 g/mol. The van der Waals surface area contributed by atoms with Gasteiger partial charge in [0.15, 0.2) is 11.5 Å². The zero-order valence-electron chi connectivity index (χ0n) is 35.1. The molecule has 5 aromatic rings. The summed E-state index contributed by atoms with van der Waals surface area (Å²) in [4.78, 5) is 52.9. The largest absolute Gasteiger partial charge is 0.491 e. The molecule has 5 aromatic carbocycles. The maximum atomic E-state index is 15.9. The highest BCUT2D eigenvalue weighted by Crippen LogP contribution is 2.65. The van der Waals surface area contributed by atoms with Crippen LogP contribution in [0.25, 0.3) is 0 Å². The standard InChI is InChI=1S/C51H48N4O9/c56-26-8-7-9-33-14-20-40-39(29-33)51(50(60)52-40)43(48(58)54-24-22-53(23-25-54)31-34-15-21-41-42(30-34)63-32-62-41)45-49(59)64-46(36-12-5-2-6-13-36)44(35-10-3-1-4-11-35)55(45)47(51)37-16-18-38(19-17-37)61-28-27-57/h1-6,10-21,29-30,43-47,56-57H,8,22-28,31-32H2,(H,52,60)/t43-,44-,45-,46+,47+,51-/m0/s1. The van der Waals surface area contributed by atoms with Crippen LogP contribution in [-0.4, -0.2) is 102 Å². The maximum Gasteiger partial charge on any atom is 0.324 e. The molecule has 0 saturated carbocycles. The van der Waals surface area contributed by atoms with Crippen molar-refractivity contribution < 1.29 is 43.5 Å². The summed E-state index contributed by atoms with van der Waals surface area (Å²) in [6, 6.07) is 35.4. The molecule has 0 bridgehead atoms. The summed E-state index contributed by atoms with van der Waals surface area (Å²) >= 11 is 0. The van der Waals surface area contributed by atoms with Crippen molar-refractivity contribution in [2.24, 2.45) is 5.92 Å². The van der Waals surface area contributed by atoms with Crippen molar-refractivity contribution in [1.82, 2.24) is 14.7 Å². The Morgan fingerprint density at radius 1 is 0.781 bits per heavy atom. The molecule has 326 valence electrons. The third-order valence-corrected chi connectivity index (χ3v) is 13.1. The second-order valence-corrected chi connectivity index (χ2v) is 16.7. The van der Waals surface area contributed by atoms with Gasteiger partial charge < -0.3 is 39.4 Å². The Kier molecular flexibility index (Phi) is 11.3. The van der Waals surface area contributed by atoms with Gasteiger partial charge in [-0.2, -0.15) is 0 Å². The zero-order chi connectivity index (χ0) is 43.8. The highest BCUT2D eigenvalue weighted by atomic mass is 16.7. The number of cyclic esters (lactones) is 1. The van der Waals surface area contributed by atoms with Crippen molar-refractivity contribution in [2.75, 3.05) is 58.1 Å². The van der Waals surface area contributed by atoms with Gasteiger partial charge in [-0.3, -0.25) is 24.2 Å². The van der Waals surface area contributed by atoms with Crippen LogP contribution >= 0.6 is 0 Å². The number of carbonyl (C=O) groups excluding carboxylic acids is 3. The first-order valence-electron chi connectivity index (χ1n) is 21.8. The fourth-order valence-corrected chi connectivity index (χ4v) is 10.4. The molecule has 10 rings (SSSR count). The minimum atomic E-state index is -1.67. The minimum Gasteiger partial charge on any atom is -0.491 e. The van der Waals surface area contributed by atoms with Crippen molar-refractivity contribution in [3.8, 4) is 29.1 Å². The lowest BCUT2D eigenvalue weighted by molar-refractivity contribution is -0.179. The van der Waals surface area contributed by atoms with Crippen LogP contribution in [0.5, 0.6) is 17.2 Å². The first-order valence-corrected chi connectivity index (χ1v) is 21.8. The topological polar surface area (TPSA) is 150 Å². The number of anilines is 1. The Balaban J connectivity index is 1.13. The van der Waals surface area contributed by atoms with E-state index in [4.69, 9.17) is 18.9 Å². The summed E-state index contributed by atoms with van der Waals surface area (Å²) < 4.78 is 23.5. The molecule has 0 aromatic heterocycles. The number of rotatable bonds is 10. The molecule has 3 saturated heterocycles. The number of esters is 1.